The molecule has 3 aliphatic rings. The summed E-state index contributed by atoms with van der Waals surface area (Å²) in [6, 6.07) is 4.84. The fraction of sp³-hybridized carbons (Fsp3) is 0.714. The third-order valence-electron chi connectivity index (χ3n) is 6.56. The molecule has 1 aromatic rings. The van der Waals surface area contributed by atoms with Gasteiger partial charge in [0.25, 0.3) is 0 Å². The summed E-state index contributed by atoms with van der Waals surface area (Å²) in [6.07, 6.45) is 12.1. The molecule has 0 saturated carbocycles. The number of pyridine rings is 1. The van der Waals surface area contributed by atoms with Crippen LogP contribution in [0.4, 0.5) is 5.69 Å². The Kier molecular flexibility index (Phi) is 5.73. The van der Waals surface area contributed by atoms with E-state index in [1.54, 1.807) is 0 Å². The van der Waals surface area contributed by atoms with Crippen molar-refractivity contribution in [2.75, 3.05) is 44.2 Å². The lowest BCUT2D eigenvalue weighted by Gasteiger charge is -2.42. The molecular weight excluding hydrogens is 324 g/mol. The Hall–Kier alpha value is -1.62. The molecule has 3 aliphatic heterocycles. The highest BCUT2D eigenvalue weighted by molar-refractivity contribution is 5.79. The molecule has 0 aliphatic carbocycles. The van der Waals surface area contributed by atoms with Crippen molar-refractivity contribution in [2.45, 2.75) is 51.0 Å². The molecule has 4 heterocycles. The number of carbonyl (C=O) groups excluding carboxylic acids is 1. The third-order valence-corrected chi connectivity index (χ3v) is 6.56. The number of rotatable bonds is 3. The van der Waals surface area contributed by atoms with Crippen molar-refractivity contribution in [3.05, 3.63) is 24.5 Å². The zero-order valence-corrected chi connectivity index (χ0v) is 15.9. The average molecular weight is 357 g/mol. The number of hydrogen-bond acceptors (Lipinski definition) is 4. The first-order chi connectivity index (χ1) is 12.8. The zero-order valence-electron chi connectivity index (χ0n) is 15.9. The van der Waals surface area contributed by atoms with Gasteiger partial charge in [0.2, 0.25) is 5.91 Å². The number of carbonyl (C=O) groups is 1. The van der Waals surface area contributed by atoms with Crippen LogP contribution in [0.1, 0.15) is 44.9 Å². The van der Waals surface area contributed by atoms with Crippen molar-refractivity contribution >= 4 is 11.6 Å². The maximum Gasteiger partial charge on any atom is 0.225 e. The van der Waals surface area contributed by atoms with Gasteiger partial charge in [-0.1, -0.05) is 6.42 Å². The number of amides is 1. The second kappa shape index (κ2) is 8.38. The largest absolute Gasteiger partial charge is 0.371 e. The molecule has 0 spiro atoms. The summed E-state index contributed by atoms with van der Waals surface area (Å²) in [5, 5.41) is 0. The molecule has 0 unspecified atom stereocenters. The standard InChI is InChI=1S/C21H32N4O/c26-21(18-6-14-24(15-7-18)19-4-10-22-11-5-19)25-16-8-20(9-17-25)23-12-2-1-3-13-23/h4-5,10-11,18,20H,1-3,6-9,12-17H2. The molecule has 1 amide bonds. The molecule has 1 aromatic heterocycles. The number of anilines is 1. The molecule has 0 atom stereocenters. The maximum absolute atomic E-state index is 13.0. The normalized spacial score (nSPS) is 24.0. The Morgan fingerprint density at radius 1 is 0.846 bits per heavy atom. The summed E-state index contributed by atoms with van der Waals surface area (Å²) >= 11 is 0. The van der Waals surface area contributed by atoms with Crippen LogP contribution in [-0.4, -0.2) is 66.0 Å². The molecular formula is C21H32N4O. The summed E-state index contributed by atoms with van der Waals surface area (Å²) in [6.45, 7) is 6.42. The lowest BCUT2D eigenvalue weighted by atomic mass is 9.93. The van der Waals surface area contributed by atoms with Gasteiger partial charge in [0.1, 0.15) is 0 Å². The van der Waals surface area contributed by atoms with Crippen molar-refractivity contribution in [1.29, 1.82) is 0 Å². The van der Waals surface area contributed by atoms with Crippen molar-refractivity contribution in [2.24, 2.45) is 5.92 Å². The molecule has 5 nitrogen and oxygen atoms in total. The topological polar surface area (TPSA) is 39.7 Å². The SMILES string of the molecule is O=C(C1CCN(c2ccncc2)CC1)N1CCC(N2CCCCC2)CC1. The summed E-state index contributed by atoms with van der Waals surface area (Å²) in [4.78, 5) is 24.3. The fourth-order valence-corrected chi connectivity index (χ4v) is 4.93. The van der Waals surface area contributed by atoms with E-state index in [9.17, 15) is 4.79 Å². The minimum Gasteiger partial charge on any atom is -0.371 e. The van der Waals surface area contributed by atoms with Crippen LogP contribution in [-0.2, 0) is 4.79 Å². The van der Waals surface area contributed by atoms with E-state index in [2.05, 4.69) is 31.8 Å². The molecule has 26 heavy (non-hydrogen) atoms. The minimum atomic E-state index is 0.222. The minimum absolute atomic E-state index is 0.222. The highest BCUT2D eigenvalue weighted by atomic mass is 16.2. The molecule has 3 fully saturated rings. The second-order valence-electron chi connectivity index (χ2n) is 8.12. The molecule has 4 rings (SSSR count). The van der Waals surface area contributed by atoms with Gasteiger partial charge in [-0.25, -0.2) is 0 Å². The van der Waals surface area contributed by atoms with Crippen LogP contribution < -0.4 is 4.90 Å². The molecule has 142 valence electrons. The van der Waals surface area contributed by atoms with E-state index >= 15 is 0 Å². The summed E-state index contributed by atoms with van der Waals surface area (Å²) in [7, 11) is 0. The molecule has 0 aromatic carbocycles. The van der Waals surface area contributed by atoms with Gasteiger partial charge < -0.3 is 14.7 Å². The number of nitrogens with zero attached hydrogens (tertiary/aromatic N) is 4. The Labute approximate surface area is 157 Å². The zero-order chi connectivity index (χ0) is 17.8. The lowest BCUT2D eigenvalue weighted by Crippen LogP contribution is -2.50. The van der Waals surface area contributed by atoms with Gasteiger partial charge in [-0.2, -0.15) is 0 Å². The first kappa shape index (κ1) is 17.8. The van der Waals surface area contributed by atoms with Gasteiger partial charge in [0, 0.05) is 56.2 Å². The molecule has 0 N–H and O–H groups in total. The van der Waals surface area contributed by atoms with E-state index in [-0.39, 0.29) is 5.92 Å². The van der Waals surface area contributed by atoms with Crippen LogP contribution in [0, 0.1) is 5.92 Å². The Morgan fingerprint density at radius 2 is 1.50 bits per heavy atom. The highest BCUT2D eigenvalue weighted by Crippen LogP contribution is 2.26. The molecule has 0 radical (unpaired) electrons. The Morgan fingerprint density at radius 3 is 2.15 bits per heavy atom. The number of hydrogen-bond donors (Lipinski definition) is 0. The Bertz CT molecular complexity index is 571. The fourth-order valence-electron chi connectivity index (χ4n) is 4.93. The van der Waals surface area contributed by atoms with Crippen molar-refractivity contribution in [3.8, 4) is 0 Å². The molecule has 5 heteroatoms. The van der Waals surface area contributed by atoms with Crippen LogP contribution in [0.3, 0.4) is 0 Å². The predicted molar refractivity (Wildman–Crippen MR) is 104 cm³/mol. The van der Waals surface area contributed by atoms with Crippen molar-refractivity contribution in [3.63, 3.8) is 0 Å². The first-order valence-electron chi connectivity index (χ1n) is 10.5. The number of aromatic nitrogens is 1. The monoisotopic (exact) mass is 356 g/mol. The quantitative estimate of drug-likeness (QED) is 0.835. The third kappa shape index (κ3) is 4.03. The Balaban J connectivity index is 1.24. The van der Waals surface area contributed by atoms with E-state index in [0.717, 1.165) is 39.0 Å². The maximum atomic E-state index is 13.0. The van der Waals surface area contributed by atoms with E-state index < -0.39 is 0 Å². The van der Waals surface area contributed by atoms with Crippen LogP contribution >= 0.6 is 0 Å². The van der Waals surface area contributed by atoms with E-state index in [4.69, 9.17) is 0 Å². The molecule has 0 bridgehead atoms. The lowest BCUT2D eigenvalue weighted by molar-refractivity contribution is -0.137. The van der Waals surface area contributed by atoms with Gasteiger partial charge in [-0.05, 0) is 63.7 Å². The smallest absolute Gasteiger partial charge is 0.225 e. The van der Waals surface area contributed by atoms with E-state index in [0.29, 0.717) is 11.9 Å². The number of piperidine rings is 3. The van der Waals surface area contributed by atoms with Gasteiger partial charge in [0.15, 0.2) is 0 Å². The summed E-state index contributed by atoms with van der Waals surface area (Å²) in [5.41, 5.74) is 1.23. The van der Waals surface area contributed by atoms with Crippen LogP contribution in [0.25, 0.3) is 0 Å². The van der Waals surface area contributed by atoms with Gasteiger partial charge in [-0.3, -0.25) is 9.78 Å². The van der Waals surface area contributed by atoms with E-state index in [1.165, 1.54) is 50.9 Å². The van der Waals surface area contributed by atoms with Crippen LogP contribution in [0.2, 0.25) is 0 Å². The van der Waals surface area contributed by atoms with Crippen molar-refractivity contribution < 1.29 is 4.79 Å². The van der Waals surface area contributed by atoms with Gasteiger partial charge >= 0.3 is 0 Å². The van der Waals surface area contributed by atoms with Crippen molar-refractivity contribution in [1.82, 2.24) is 14.8 Å². The van der Waals surface area contributed by atoms with Crippen LogP contribution in [0.5, 0.6) is 0 Å². The predicted octanol–water partition coefficient (Wildman–Crippen LogP) is 2.77. The van der Waals surface area contributed by atoms with Crippen LogP contribution in [0.15, 0.2) is 24.5 Å². The second-order valence-corrected chi connectivity index (χ2v) is 8.12. The first-order valence-corrected chi connectivity index (χ1v) is 10.5. The van der Waals surface area contributed by atoms with Gasteiger partial charge in [-0.15, -0.1) is 0 Å². The highest BCUT2D eigenvalue weighted by Gasteiger charge is 2.32. The molecule has 3 saturated heterocycles. The average Bonchev–Trinajstić information content (AvgIpc) is 2.75. The summed E-state index contributed by atoms with van der Waals surface area (Å²) < 4.78 is 0. The van der Waals surface area contributed by atoms with E-state index in [1.807, 2.05) is 12.4 Å². The number of likely N-dealkylation sites (tertiary alicyclic amines) is 2. The summed E-state index contributed by atoms with van der Waals surface area (Å²) in [5.74, 6) is 0.635. The van der Waals surface area contributed by atoms with Gasteiger partial charge in [0.05, 0.1) is 0 Å².